The molecule has 1 aromatic carbocycles. The van der Waals surface area contributed by atoms with E-state index in [9.17, 15) is 13.6 Å². The van der Waals surface area contributed by atoms with Gasteiger partial charge in [-0.3, -0.25) is 9.79 Å². The van der Waals surface area contributed by atoms with Gasteiger partial charge >= 0.3 is 0 Å². The lowest BCUT2D eigenvalue weighted by molar-refractivity contribution is -0.133. The van der Waals surface area contributed by atoms with Crippen molar-refractivity contribution in [3.63, 3.8) is 0 Å². The summed E-state index contributed by atoms with van der Waals surface area (Å²) in [7, 11) is 1.56. The molecule has 2 N–H and O–H groups in total. The van der Waals surface area contributed by atoms with Crippen molar-refractivity contribution >= 4 is 17.8 Å². The monoisotopic (exact) mass is 488 g/mol. The lowest BCUT2D eigenvalue weighted by atomic mass is 9.76. The Morgan fingerprint density at radius 1 is 1.37 bits per heavy atom. The Hall–Kier alpha value is -3.30. The average Bonchev–Trinajstić information content (AvgIpc) is 3.17. The van der Waals surface area contributed by atoms with Crippen molar-refractivity contribution < 1.29 is 18.3 Å². The van der Waals surface area contributed by atoms with Gasteiger partial charge in [-0.15, -0.1) is 0 Å². The minimum absolute atomic E-state index is 0.0887. The summed E-state index contributed by atoms with van der Waals surface area (Å²) in [6, 6.07) is 4.66. The Labute approximate surface area is 204 Å². The normalized spacial score (nSPS) is 20.1. The Kier molecular flexibility index (Phi) is 8.24. The van der Waals surface area contributed by atoms with Gasteiger partial charge in [-0.2, -0.15) is 5.10 Å². The van der Waals surface area contributed by atoms with E-state index < -0.39 is 24.9 Å². The summed E-state index contributed by atoms with van der Waals surface area (Å²) in [6.07, 6.45) is 3.55. The van der Waals surface area contributed by atoms with E-state index in [4.69, 9.17) is 10.6 Å². The number of likely N-dealkylation sites (tertiary alicyclic amines) is 1. The molecular weight excluding hydrogens is 454 g/mol. The molecule has 2 aromatic rings. The fraction of sp³-hybridized carbons (Fsp3) is 0.520. The number of nitrogens with zero attached hydrogens (tertiary/aromatic N) is 5. The number of hydrazone groups is 1. The maximum Gasteiger partial charge on any atom is 0.255 e. The molecule has 1 amide bonds. The molecule has 0 spiro atoms. The minimum Gasteiger partial charge on any atom is -0.495 e. The van der Waals surface area contributed by atoms with E-state index in [1.165, 1.54) is 11.1 Å². The molecule has 2 atom stereocenters. The molecule has 2 unspecified atom stereocenters. The first kappa shape index (κ1) is 26.3. The van der Waals surface area contributed by atoms with E-state index in [2.05, 4.69) is 35.8 Å². The molecule has 2 heterocycles. The van der Waals surface area contributed by atoms with Gasteiger partial charge in [-0.05, 0) is 43.2 Å². The van der Waals surface area contributed by atoms with Gasteiger partial charge in [0.15, 0.2) is 0 Å². The van der Waals surface area contributed by atoms with E-state index in [1.807, 2.05) is 29.8 Å². The summed E-state index contributed by atoms with van der Waals surface area (Å²) >= 11 is 0. The minimum atomic E-state index is -2.60. The number of methoxy groups -OCH3 is 1. The van der Waals surface area contributed by atoms with E-state index in [0.29, 0.717) is 36.4 Å². The number of aryl methyl sites for hydroxylation is 1. The number of carbonyl (C=O) groups is 1. The van der Waals surface area contributed by atoms with Gasteiger partial charge in [0, 0.05) is 18.3 Å². The van der Waals surface area contributed by atoms with Gasteiger partial charge in [0.25, 0.3) is 6.43 Å². The van der Waals surface area contributed by atoms with Crippen LogP contribution in [0.15, 0.2) is 40.8 Å². The van der Waals surface area contributed by atoms with Crippen LogP contribution in [-0.4, -0.2) is 65.0 Å². The average molecular weight is 489 g/mol. The first-order chi connectivity index (χ1) is 16.5. The molecule has 1 aromatic heterocycles. The van der Waals surface area contributed by atoms with Gasteiger partial charge in [-0.25, -0.2) is 13.8 Å². The molecule has 3 rings (SSSR count). The van der Waals surface area contributed by atoms with Crippen LogP contribution in [0.1, 0.15) is 44.9 Å². The number of carbonyl (C=O) groups excluding carboxylic acids is 1. The highest BCUT2D eigenvalue weighted by Crippen LogP contribution is 2.35. The van der Waals surface area contributed by atoms with Crippen molar-refractivity contribution in [1.82, 2.24) is 14.5 Å². The second kappa shape index (κ2) is 11.0. The highest BCUT2D eigenvalue weighted by molar-refractivity contribution is 6.38. The molecule has 8 nitrogen and oxygen atoms in total. The third-order valence-electron chi connectivity index (χ3n) is 6.42. The Morgan fingerprint density at radius 3 is 2.69 bits per heavy atom. The zero-order chi connectivity index (χ0) is 25.8. The largest absolute Gasteiger partial charge is 0.495 e. The van der Waals surface area contributed by atoms with Crippen molar-refractivity contribution in [2.45, 2.75) is 53.0 Å². The maximum absolute atomic E-state index is 13.1. The van der Waals surface area contributed by atoms with Gasteiger partial charge in [0.2, 0.25) is 5.91 Å². The van der Waals surface area contributed by atoms with E-state index in [1.54, 1.807) is 19.5 Å². The number of hydrogen-bond donors (Lipinski definition) is 1. The Morgan fingerprint density at radius 2 is 2.11 bits per heavy atom. The standard InChI is InChI=1S/C25H34F2N6O2/c1-16-13-33(15-30-16)21-7-6-17(10-22(21)35-5)20(31-28)12-29-19-11-18(25(2,3)4)8-9-32(24(19)34)14-23(26)27/h6-7,10,12-13,15,18-19,23H,8-9,11,14,28H2,1-5H3/b29-12?,31-20+. The number of amides is 1. The fourth-order valence-corrected chi connectivity index (χ4v) is 4.33. The third-order valence-corrected chi connectivity index (χ3v) is 6.42. The number of hydrogen-bond acceptors (Lipinski definition) is 6. The number of benzene rings is 1. The van der Waals surface area contributed by atoms with Crippen LogP contribution in [0.25, 0.3) is 5.69 Å². The number of aromatic nitrogens is 2. The Balaban J connectivity index is 1.89. The first-order valence-electron chi connectivity index (χ1n) is 11.6. The predicted octanol–water partition coefficient (Wildman–Crippen LogP) is 3.84. The highest BCUT2D eigenvalue weighted by Gasteiger charge is 2.36. The molecule has 1 saturated heterocycles. The molecule has 35 heavy (non-hydrogen) atoms. The van der Waals surface area contributed by atoms with Gasteiger partial charge in [0.05, 0.1) is 37.6 Å². The van der Waals surface area contributed by atoms with Crippen molar-refractivity contribution in [3.8, 4) is 11.4 Å². The first-order valence-corrected chi connectivity index (χ1v) is 11.6. The molecule has 0 radical (unpaired) electrons. The van der Waals surface area contributed by atoms with Crippen LogP contribution in [0.4, 0.5) is 8.78 Å². The second-order valence-electron chi connectivity index (χ2n) is 9.88. The van der Waals surface area contributed by atoms with Crippen molar-refractivity contribution in [2.75, 3.05) is 20.2 Å². The van der Waals surface area contributed by atoms with Gasteiger partial charge < -0.3 is 20.0 Å². The van der Waals surface area contributed by atoms with Crippen LogP contribution < -0.4 is 10.6 Å². The zero-order valence-corrected chi connectivity index (χ0v) is 20.9. The maximum atomic E-state index is 13.1. The third kappa shape index (κ3) is 6.43. The second-order valence-corrected chi connectivity index (χ2v) is 9.88. The number of aliphatic imine (C=N–C) groups is 1. The number of halogens is 2. The van der Waals surface area contributed by atoms with Crippen LogP contribution in [-0.2, 0) is 4.79 Å². The summed E-state index contributed by atoms with van der Waals surface area (Å²) < 4.78 is 33.6. The predicted molar refractivity (Wildman–Crippen MR) is 133 cm³/mol. The SMILES string of the molecule is COc1cc(/C(C=NC2CC(C(C)(C)C)CCN(CC(F)F)C2=O)=N/N)ccc1-n1cnc(C)c1. The summed E-state index contributed by atoms with van der Waals surface area (Å²) in [6.45, 7) is 7.87. The summed E-state index contributed by atoms with van der Waals surface area (Å²) in [5, 5.41) is 3.86. The van der Waals surface area contributed by atoms with Crippen LogP contribution in [0.2, 0.25) is 0 Å². The molecule has 1 fully saturated rings. The topological polar surface area (TPSA) is 98.1 Å². The molecular formula is C25H34F2N6O2. The number of imidazole rings is 1. The van der Waals surface area contributed by atoms with Crippen LogP contribution in [0.5, 0.6) is 5.75 Å². The number of alkyl halides is 2. The molecule has 10 heteroatoms. The number of nitrogens with two attached hydrogens (primary N) is 1. The quantitative estimate of drug-likeness (QED) is 0.364. The fourth-order valence-electron chi connectivity index (χ4n) is 4.33. The van der Waals surface area contributed by atoms with Crippen molar-refractivity contribution in [1.29, 1.82) is 0 Å². The number of ether oxygens (including phenoxy) is 1. The lowest BCUT2D eigenvalue weighted by Gasteiger charge is -2.30. The molecule has 0 aliphatic carbocycles. The molecule has 190 valence electrons. The van der Waals surface area contributed by atoms with Crippen LogP contribution in [0, 0.1) is 18.3 Å². The lowest BCUT2D eigenvalue weighted by Crippen LogP contribution is -2.40. The highest BCUT2D eigenvalue weighted by atomic mass is 19.3. The molecule has 1 aliphatic heterocycles. The smallest absolute Gasteiger partial charge is 0.255 e. The van der Waals surface area contributed by atoms with Crippen LogP contribution in [0.3, 0.4) is 0 Å². The van der Waals surface area contributed by atoms with Gasteiger partial charge in [-0.1, -0.05) is 26.8 Å². The summed E-state index contributed by atoms with van der Waals surface area (Å²) in [5.74, 6) is 6.00. The molecule has 1 aliphatic rings. The summed E-state index contributed by atoms with van der Waals surface area (Å²) in [5.41, 5.74) is 2.57. The molecule has 0 bridgehead atoms. The molecule has 0 saturated carbocycles. The summed E-state index contributed by atoms with van der Waals surface area (Å²) in [4.78, 5) is 23.0. The number of rotatable bonds is 7. The van der Waals surface area contributed by atoms with Crippen LogP contribution >= 0.6 is 0 Å². The zero-order valence-electron chi connectivity index (χ0n) is 20.9. The van der Waals surface area contributed by atoms with E-state index >= 15 is 0 Å². The van der Waals surface area contributed by atoms with Crippen molar-refractivity contribution in [2.24, 2.45) is 27.3 Å². The van der Waals surface area contributed by atoms with E-state index in [0.717, 1.165) is 11.4 Å². The van der Waals surface area contributed by atoms with E-state index in [-0.39, 0.29) is 11.3 Å². The van der Waals surface area contributed by atoms with Crippen molar-refractivity contribution in [3.05, 3.63) is 42.0 Å². The Bertz CT molecular complexity index is 1090. The van der Waals surface area contributed by atoms with Gasteiger partial charge in [0.1, 0.15) is 17.5 Å².